The van der Waals surface area contributed by atoms with Crippen molar-refractivity contribution in [2.75, 3.05) is 18.5 Å². The summed E-state index contributed by atoms with van der Waals surface area (Å²) in [6.07, 6.45) is 9.05. The lowest BCUT2D eigenvalue weighted by Gasteiger charge is -2.46. The van der Waals surface area contributed by atoms with Gasteiger partial charge in [0.1, 0.15) is 18.4 Å². The normalized spacial score (nSPS) is 29.5. The minimum absolute atomic E-state index is 0. The number of nitrogen functional groups attached to an aromatic ring is 1. The molecule has 5 N–H and O–H groups in total. The van der Waals surface area contributed by atoms with Crippen molar-refractivity contribution in [3.05, 3.63) is 23.4 Å². The lowest BCUT2D eigenvalue weighted by Crippen LogP contribution is -2.71. The number of aryl methyl sites for hydroxylation is 1. The van der Waals surface area contributed by atoms with Gasteiger partial charge in [0.25, 0.3) is 5.91 Å². The fraction of sp³-hybridized carbons (Fsp3) is 0.708. The Balaban J connectivity index is 0.00000342. The number of anilines is 1. The zero-order chi connectivity index (χ0) is 24.7. The van der Waals surface area contributed by atoms with Crippen LogP contribution in [0.3, 0.4) is 0 Å². The second kappa shape index (κ2) is 10.3. The van der Waals surface area contributed by atoms with Crippen LogP contribution in [0.4, 0.5) is 5.82 Å². The number of fused-ring (bicyclic) bond motifs is 1. The number of pyridine rings is 1. The van der Waals surface area contributed by atoms with Crippen LogP contribution < -0.4 is 16.2 Å². The van der Waals surface area contributed by atoms with Crippen molar-refractivity contribution in [3.8, 4) is 0 Å². The maximum Gasteiger partial charge on any atom is 0.332 e. The Bertz CT molecular complexity index is 1080. The van der Waals surface area contributed by atoms with Gasteiger partial charge in [-0.1, -0.05) is 32.1 Å². The Morgan fingerprint density at radius 3 is 2.49 bits per heavy atom. The quantitative estimate of drug-likeness (QED) is 0.441. The molecule has 2 saturated carbocycles. The number of nitrogens with two attached hydrogens (primary N) is 2. The predicted molar refractivity (Wildman–Crippen MR) is 137 cm³/mol. The molecule has 0 aromatic carbocycles. The van der Waals surface area contributed by atoms with E-state index in [2.05, 4.69) is 9.71 Å². The van der Waals surface area contributed by atoms with E-state index in [9.17, 15) is 18.0 Å². The standard InChI is InChI=1S/C24H37N5O4S.ClH/c1-16-18(10-11-21(25)27-16)15-29(12-6-9-19-14-24(19,29)23(26)31)22(30)20(28-34(2,32)33)13-17-7-4-3-5-8-17;/h10-11,17,19-20,28H,3-9,12-15H2,1-2H3,(H3-,25,26,27,31);1H/p+1/t19-,20-,24+,29?;/m1./s1. The molecular weight excluding hydrogens is 490 g/mol. The molecule has 2 heterocycles. The molecule has 35 heavy (non-hydrogen) atoms. The molecule has 4 rings (SSSR count). The summed E-state index contributed by atoms with van der Waals surface area (Å²) in [5, 5.41) is 0. The van der Waals surface area contributed by atoms with Gasteiger partial charge in [0.2, 0.25) is 10.0 Å². The molecule has 2 aliphatic carbocycles. The van der Waals surface area contributed by atoms with Crippen LogP contribution in [0.2, 0.25) is 0 Å². The predicted octanol–water partition coefficient (Wildman–Crippen LogP) is 2.16. The highest BCUT2D eigenvalue weighted by Crippen LogP contribution is 2.59. The summed E-state index contributed by atoms with van der Waals surface area (Å²) in [5.41, 5.74) is 12.4. The van der Waals surface area contributed by atoms with E-state index in [0.29, 0.717) is 30.9 Å². The van der Waals surface area contributed by atoms with Crippen LogP contribution in [0.25, 0.3) is 0 Å². The Hall–Kier alpha value is -1.75. The first kappa shape index (κ1) is 27.8. The number of likely N-dealkylation sites (tertiary alicyclic amines) is 1. The number of primary amides is 1. The van der Waals surface area contributed by atoms with E-state index in [1.807, 2.05) is 13.0 Å². The number of halogens is 1. The molecule has 1 aromatic heterocycles. The minimum Gasteiger partial charge on any atom is -0.384 e. The van der Waals surface area contributed by atoms with Gasteiger partial charge in [0.05, 0.1) is 12.8 Å². The molecule has 9 nitrogen and oxygen atoms in total. The van der Waals surface area contributed by atoms with Gasteiger partial charge in [-0.05, 0) is 44.2 Å². The van der Waals surface area contributed by atoms with E-state index in [-0.39, 0.29) is 41.2 Å². The van der Waals surface area contributed by atoms with Crippen molar-refractivity contribution < 1.29 is 22.5 Å². The molecule has 0 bridgehead atoms. The van der Waals surface area contributed by atoms with Gasteiger partial charge in [-0.25, -0.2) is 22.7 Å². The van der Waals surface area contributed by atoms with Gasteiger partial charge in [-0.2, -0.15) is 4.72 Å². The molecule has 0 spiro atoms. The van der Waals surface area contributed by atoms with Crippen molar-refractivity contribution in [2.45, 2.75) is 82.8 Å². The summed E-state index contributed by atoms with van der Waals surface area (Å²) in [5.74, 6) is -0.00393. The maximum atomic E-state index is 14.5. The SMILES string of the molecule is Cc1nc(N)ccc1C[N+]1(C(=O)[C@@H](CC2CCCCC2)NS(C)(=O)=O)CCC[C@@H]2C[C@@]21C(N)=O.Cl. The highest BCUT2D eigenvalue weighted by atomic mass is 35.5. The number of rotatable bonds is 8. The number of piperidine rings is 1. The van der Waals surface area contributed by atoms with E-state index in [4.69, 9.17) is 11.5 Å². The number of quaternary nitrogens is 1. The molecule has 4 atom stereocenters. The summed E-state index contributed by atoms with van der Waals surface area (Å²) in [6.45, 7) is 2.55. The van der Waals surface area contributed by atoms with Gasteiger partial charge in [0, 0.05) is 23.6 Å². The zero-order valence-corrected chi connectivity index (χ0v) is 22.3. The summed E-state index contributed by atoms with van der Waals surface area (Å²) in [6, 6.07) is 2.66. The summed E-state index contributed by atoms with van der Waals surface area (Å²) >= 11 is 0. The molecule has 3 fully saturated rings. The first-order valence-electron chi connectivity index (χ1n) is 12.4. The number of hydrogen-bond donors (Lipinski definition) is 3. The molecule has 11 heteroatoms. The topological polar surface area (TPSA) is 145 Å². The van der Waals surface area contributed by atoms with Crippen LogP contribution in [0.5, 0.6) is 0 Å². The van der Waals surface area contributed by atoms with Crippen molar-refractivity contribution in [1.29, 1.82) is 0 Å². The first-order chi connectivity index (χ1) is 16.0. The van der Waals surface area contributed by atoms with E-state index >= 15 is 0 Å². The lowest BCUT2D eigenvalue weighted by atomic mass is 9.84. The fourth-order valence-corrected chi connectivity index (χ4v) is 7.40. The summed E-state index contributed by atoms with van der Waals surface area (Å²) in [7, 11) is -3.64. The van der Waals surface area contributed by atoms with Crippen LogP contribution in [-0.2, 0) is 26.2 Å². The zero-order valence-electron chi connectivity index (χ0n) is 20.7. The smallest absolute Gasteiger partial charge is 0.332 e. The Morgan fingerprint density at radius 1 is 1.20 bits per heavy atom. The Kier molecular flexibility index (Phi) is 8.20. The second-order valence-corrected chi connectivity index (χ2v) is 12.5. The van der Waals surface area contributed by atoms with Gasteiger partial charge in [0.15, 0.2) is 5.54 Å². The van der Waals surface area contributed by atoms with Crippen molar-refractivity contribution >= 4 is 40.1 Å². The van der Waals surface area contributed by atoms with Crippen molar-refractivity contribution in [3.63, 3.8) is 0 Å². The lowest BCUT2D eigenvalue weighted by molar-refractivity contribution is -0.900. The van der Waals surface area contributed by atoms with Crippen LogP contribution in [0.15, 0.2) is 12.1 Å². The largest absolute Gasteiger partial charge is 0.384 e. The van der Waals surface area contributed by atoms with Gasteiger partial charge >= 0.3 is 5.91 Å². The van der Waals surface area contributed by atoms with Crippen LogP contribution in [-0.4, -0.2) is 54.1 Å². The molecular formula is C24H39ClN5O4S+. The molecule has 1 saturated heterocycles. The number of nitrogens with zero attached hydrogens (tertiary/aromatic N) is 2. The van der Waals surface area contributed by atoms with Crippen molar-refractivity contribution in [2.24, 2.45) is 17.6 Å². The minimum atomic E-state index is -3.64. The van der Waals surface area contributed by atoms with Crippen molar-refractivity contribution in [1.82, 2.24) is 9.71 Å². The van der Waals surface area contributed by atoms with Gasteiger partial charge < -0.3 is 11.5 Å². The summed E-state index contributed by atoms with van der Waals surface area (Å²) in [4.78, 5) is 31.8. The molecule has 196 valence electrons. The second-order valence-electron chi connectivity index (χ2n) is 10.7. The fourth-order valence-electron chi connectivity index (χ4n) is 6.69. The highest BCUT2D eigenvalue weighted by Gasteiger charge is 2.76. The Morgan fingerprint density at radius 2 is 1.89 bits per heavy atom. The third-order valence-corrected chi connectivity index (χ3v) is 9.10. The molecule has 1 aliphatic heterocycles. The van der Waals surface area contributed by atoms with Crippen LogP contribution >= 0.6 is 12.4 Å². The van der Waals surface area contributed by atoms with E-state index in [1.54, 1.807) is 6.07 Å². The number of sulfonamides is 1. The average Bonchev–Trinajstić information content (AvgIpc) is 3.52. The average molecular weight is 529 g/mol. The van der Waals surface area contributed by atoms with E-state index in [0.717, 1.165) is 50.3 Å². The number of aromatic nitrogens is 1. The monoisotopic (exact) mass is 528 g/mol. The molecule has 1 aromatic rings. The van der Waals surface area contributed by atoms with Crippen LogP contribution in [0, 0.1) is 18.8 Å². The molecule has 1 unspecified atom stereocenters. The maximum absolute atomic E-state index is 14.5. The van der Waals surface area contributed by atoms with Gasteiger partial charge in [-0.15, -0.1) is 12.4 Å². The highest BCUT2D eigenvalue weighted by molar-refractivity contribution is 7.88. The van der Waals surface area contributed by atoms with Crippen LogP contribution in [0.1, 0.15) is 69.0 Å². The molecule has 2 amide bonds. The van der Waals surface area contributed by atoms with Gasteiger partial charge in [-0.3, -0.25) is 4.79 Å². The number of hydrogen-bond acceptors (Lipinski definition) is 6. The number of carbonyl (C=O) groups is 2. The third kappa shape index (κ3) is 5.35. The number of carbonyl (C=O) groups excluding carboxylic acids is 2. The first-order valence-corrected chi connectivity index (χ1v) is 14.3. The third-order valence-electron chi connectivity index (χ3n) is 8.38. The number of amides is 2. The van der Waals surface area contributed by atoms with E-state index < -0.39 is 27.5 Å². The van der Waals surface area contributed by atoms with E-state index in [1.165, 1.54) is 6.42 Å². The molecule has 0 radical (unpaired) electrons. The summed E-state index contributed by atoms with van der Waals surface area (Å²) < 4.78 is 27.2. The number of nitrogens with one attached hydrogen (secondary N) is 1. The molecule has 3 aliphatic rings. The Labute approximate surface area is 214 Å².